The molecule has 0 unspecified atom stereocenters. The molecule has 2 amide bonds. The lowest BCUT2D eigenvalue weighted by molar-refractivity contribution is -0.111. The van der Waals surface area contributed by atoms with Gasteiger partial charge in [-0.2, -0.15) is 0 Å². The standard InChI is InChI=1S/C21H23N3O3/c1-27-17-6-4-5-15(13-17)7-10-20(25)23-18-14-16(21(22)26)8-9-19(18)24-11-2-3-12-24/h4-10,13-14H,2-3,11-12H2,1H3,(H2,22,26)(H,23,25)/b10-7+. The molecule has 1 aliphatic heterocycles. The molecular formula is C21H23N3O3. The van der Waals surface area contributed by atoms with Crippen molar-refractivity contribution in [1.29, 1.82) is 0 Å². The summed E-state index contributed by atoms with van der Waals surface area (Å²) in [6, 6.07) is 12.6. The van der Waals surface area contributed by atoms with Crippen LogP contribution in [0.3, 0.4) is 0 Å². The number of hydrogen-bond donors (Lipinski definition) is 2. The fourth-order valence-electron chi connectivity index (χ4n) is 3.11. The molecule has 0 aliphatic carbocycles. The monoisotopic (exact) mass is 365 g/mol. The predicted molar refractivity (Wildman–Crippen MR) is 107 cm³/mol. The van der Waals surface area contributed by atoms with E-state index < -0.39 is 5.91 Å². The first-order valence-corrected chi connectivity index (χ1v) is 8.89. The highest BCUT2D eigenvalue weighted by molar-refractivity contribution is 6.05. The van der Waals surface area contributed by atoms with Gasteiger partial charge in [0.2, 0.25) is 11.8 Å². The van der Waals surface area contributed by atoms with E-state index in [9.17, 15) is 9.59 Å². The van der Waals surface area contributed by atoms with Crippen molar-refractivity contribution in [3.05, 3.63) is 59.7 Å². The van der Waals surface area contributed by atoms with E-state index in [4.69, 9.17) is 10.5 Å². The number of carbonyl (C=O) groups is 2. The first-order valence-electron chi connectivity index (χ1n) is 8.89. The third kappa shape index (κ3) is 4.67. The molecule has 1 aliphatic rings. The van der Waals surface area contributed by atoms with Crippen LogP contribution in [0.25, 0.3) is 6.08 Å². The van der Waals surface area contributed by atoms with E-state index in [1.807, 2.05) is 30.3 Å². The second kappa shape index (κ2) is 8.40. The van der Waals surface area contributed by atoms with Crippen LogP contribution in [0.5, 0.6) is 5.75 Å². The van der Waals surface area contributed by atoms with E-state index in [0.717, 1.165) is 42.9 Å². The van der Waals surface area contributed by atoms with E-state index in [-0.39, 0.29) is 5.91 Å². The summed E-state index contributed by atoms with van der Waals surface area (Å²) in [6.45, 7) is 1.86. The van der Waals surface area contributed by atoms with Crippen molar-refractivity contribution in [2.24, 2.45) is 5.73 Å². The van der Waals surface area contributed by atoms with Gasteiger partial charge in [-0.15, -0.1) is 0 Å². The molecule has 2 aromatic rings. The average Bonchev–Trinajstić information content (AvgIpc) is 3.21. The van der Waals surface area contributed by atoms with E-state index >= 15 is 0 Å². The van der Waals surface area contributed by atoms with Gasteiger partial charge in [-0.25, -0.2) is 0 Å². The summed E-state index contributed by atoms with van der Waals surface area (Å²) >= 11 is 0. The minimum Gasteiger partial charge on any atom is -0.497 e. The molecule has 0 saturated carbocycles. The molecule has 1 fully saturated rings. The summed E-state index contributed by atoms with van der Waals surface area (Å²) in [5, 5.41) is 2.88. The number of benzene rings is 2. The first-order chi connectivity index (χ1) is 13.1. The topological polar surface area (TPSA) is 84.7 Å². The van der Waals surface area contributed by atoms with Gasteiger partial charge in [0.15, 0.2) is 0 Å². The molecule has 2 aromatic carbocycles. The molecule has 3 N–H and O–H groups in total. The molecule has 0 spiro atoms. The largest absolute Gasteiger partial charge is 0.497 e. The molecule has 3 rings (SSSR count). The summed E-state index contributed by atoms with van der Waals surface area (Å²) in [6.07, 6.45) is 5.40. The van der Waals surface area contributed by atoms with Crippen molar-refractivity contribution in [2.45, 2.75) is 12.8 Å². The average molecular weight is 365 g/mol. The van der Waals surface area contributed by atoms with Crippen LogP contribution in [0.1, 0.15) is 28.8 Å². The number of nitrogens with one attached hydrogen (secondary N) is 1. The number of amides is 2. The zero-order valence-electron chi connectivity index (χ0n) is 15.3. The number of ether oxygens (including phenoxy) is 1. The summed E-state index contributed by atoms with van der Waals surface area (Å²) in [5.41, 5.74) is 8.10. The molecule has 0 aromatic heterocycles. The molecule has 1 saturated heterocycles. The normalized spacial score (nSPS) is 13.7. The molecule has 0 bridgehead atoms. The first kappa shape index (κ1) is 18.5. The van der Waals surface area contributed by atoms with Crippen LogP contribution in [0.4, 0.5) is 11.4 Å². The van der Waals surface area contributed by atoms with Crippen LogP contribution in [0, 0.1) is 0 Å². The van der Waals surface area contributed by atoms with E-state index in [0.29, 0.717) is 11.3 Å². The van der Waals surface area contributed by atoms with Crippen LogP contribution in [0.2, 0.25) is 0 Å². The molecule has 1 heterocycles. The molecule has 27 heavy (non-hydrogen) atoms. The summed E-state index contributed by atoms with van der Waals surface area (Å²) in [5.74, 6) is -0.0756. The van der Waals surface area contributed by atoms with Crippen LogP contribution >= 0.6 is 0 Å². The zero-order valence-corrected chi connectivity index (χ0v) is 15.3. The highest BCUT2D eigenvalue weighted by Gasteiger charge is 2.18. The van der Waals surface area contributed by atoms with Gasteiger partial charge in [0.05, 0.1) is 18.5 Å². The van der Waals surface area contributed by atoms with Crippen molar-refractivity contribution >= 4 is 29.3 Å². The van der Waals surface area contributed by atoms with Gasteiger partial charge >= 0.3 is 0 Å². The van der Waals surface area contributed by atoms with Gasteiger partial charge in [-0.3, -0.25) is 9.59 Å². The Bertz CT molecular complexity index is 871. The Morgan fingerprint density at radius 2 is 1.93 bits per heavy atom. The molecule has 6 heteroatoms. The van der Waals surface area contributed by atoms with Gasteiger partial charge in [-0.1, -0.05) is 12.1 Å². The lowest BCUT2D eigenvalue weighted by Gasteiger charge is -2.21. The number of rotatable bonds is 6. The van der Waals surface area contributed by atoms with Crippen LogP contribution < -0.4 is 20.7 Å². The number of carbonyl (C=O) groups excluding carboxylic acids is 2. The predicted octanol–water partition coefficient (Wildman–Crippen LogP) is 3.05. The fraction of sp³-hybridized carbons (Fsp3) is 0.238. The van der Waals surface area contributed by atoms with E-state index in [1.54, 1.807) is 25.3 Å². The Labute approximate surface area is 158 Å². The maximum absolute atomic E-state index is 12.4. The highest BCUT2D eigenvalue weighted by atomic mass is 16.5. The van der Waals surface area contributed by atoms with Crippen molar-refractivity contribution < 1.29 is 14.3 Å². The Hall–Kier alpha value is -3.28. The van der Waals surface area contributed by atoms with E-state index in [2.05, 4.69) is 10.2 Å². The van der Waals surface area contributed by atoms with Gasteiger partial charge < -0.3 is 20.7 Å². The van der Waals surface area contributed by atoms with Crippen molar-refractivity contribution in [1.82, 2.24) is 0 Å². The van der Waals surface area contributed by atoms with Crippen LogP contribution in [-0.4, -0.2) is 32.0 Å². The molecule has 0 radical (unpaired) electrons. The minimum absolute atomic E-state index is 0.278. The number of anilines is 2. The number of nitrogens with zero attached hydrogens (tertiary/aromatic N) is 1. The number of methoxy groups -OCH3 is 1. The Morgan fingerprint density at radius 1 is 1.15 bits per heavy atom. The van der Waals surface area contributed by atoms with Crippen LogP contribution in [-0.2, 0) is 4.79 Å². The second-order valence-corrected chi connectivity index (χ2v) is 6.39. The maximum atomic E-state index is 12.4. The Kier molecular flexibility index (Phi) is 5.76. The Balaban J connectivity index is 1.79. The SMILES string of the molecule is COc1cccc(/C=C/C(=O)Nc2cc(C(N)=O)ccc2N2CCCC2)c1. The van der Waals surface area contributed by atoms with Crippen LogP contribution in [0.15, 0.2) is 48.5 Å². The highest BCUT2D eigenvalue weighted by Crippen LogP contribution is 2.30. The van der Waals surface area contributed by atoms with Gasteiger partial charge in [-0.05, 0) is 54.8 Å². The third-order valence-electron chi connectivity index (χ3n) is 4.51. The smallest absolute Gasteiger partial charge is 0.248 e. The zero-order chi connectivity index (χ0) is 19.2. The molecule has 0 atom stereocenters. The Morgan fingerprint density at radius 3 is 2.63 bits per heavy atom. The fourth-order valence-corrected chi connectivity index (χ4v) is 3.11. The molecule has 6 nitrogen and oxygen atoms in total. The van der Waals surface area contributed by atoms with E-state index in [1.165, 1.54) is 6.08 Å². The lowest BCUT2D eigenvalue weighted by atomic mass is 10.1. The van der Waals surface area contributed by atoms with Gasteiger partial charge in [0.25, 0.3) is 0 Å². The maximum Gasteiger partial charge on any atom is 0.248 e. The van der Waals surface area contributed by atoms with Crippen molar-refractivity contribution in [3.8, 4) is 5.75 Å². The summed E-state index contributed by atoms with van der Waals surface area (Å²) in [7, 11) is 1.60. The summed E-state index contributed by atoms with van der Waals surface area (Å²) < 4.78 is 5.18. The number of primary amides is 1. The molecule has 140 valence electrons. The lowest BCUT2D eigenvalue weighted by Crippen LogP contribution is -2.21. The van der Waals surface area contributed by atoms with Crippen molar-refractivity contribution in [3.63, 3.8) is 0 Å². The quantitative estimate of drug-likeness (QED) is 0.771. The van der Waals surface area contributed by atoms with Gasteiger partial charge in [0.1, 0.15) is 5.75 Å². The van der Waals surface area contributed by atoms with Crippen molar-refractivity contribution in [2.75, 3.05) is 30.4 Å². The molecular weight excluding hydrogens is 342 g/mol. The third-order valence-corrected chi connectivity index (χ3v) is 4.51. The number of nitrogens with two attached hydrogens (primary N) is 1. The summed E-state index contributed by atoms with van der Waals surface area (Å²) in [4.78, 5) is 26.1. The minimum atomic E-state index is -0.523. The van der Waals surface area contributed by atoms with Gasteiger partial charge in [0, 0.05) is 24.7 Å². The number of hydrogen-bond acceptors (Lipinski definition) is 4. The second-order valence-electron chi connectivity index (χ2n) is 6.39.